The van der Waals surface area contributed by atoms with E-state index in [4.69, 9.17) is 4.74 Å². The molecule has 1 heterocycles. The first-order valence-corrected chi connectivity index (χ1v) is 12.3. The first-order valence-electron chi connectivity index (χ1n) is 10.9. The molecule has 2 N–H and O–H groups in total. The molecule has 0 amide bonds. The Balaban J connectivity index is 1.23. The van der Waals surface area contributed by atoms with Gasteiger partial charge in [-0.05, 0) is 81.8 Å². The molecule has 6 nitrogen and oxygen atoms in total. The fraction of sp³-hybridized carbons (Fsp3) is 0.714. The van der Waals surface area contributed by atoms with Gasteiger partial charge in [-0.25, -0.2) is 4.39 Å². The zero-order valence-electron chi connectivity index (χ0n) is 17.1. The maximum Gasteiger partial charge on any atom is 0.301 e. The Morgan fingerprint density at radius 1 is 1.00 bits per heavy atom. The molecule has 0 unspecified atom stereocenters. The Labute approximate surface area is 174 Å². The van der Waals surface area contributed by atoms with Gasteiger partial charge in [-0.2, -0.15) is 12.7 Å². The van der Waals surface area contributed by atoms with Gasteiger partial charge in [0.15, 0.2) is 0 Å². The maximum absolute atomic E-state index is 13.0. The van der Waals surface area contributed by atoms with Crippen LogP contribution >= 0.6 is 0 Å². The predicted octanol–water partition coefficient (Wildman–Crippen LogP) is 3.52. The summed E-state index contributed by atoms with van der Waals surface area (Å²) in [4.78, 5) is 0. The smallest absolute Gasteiger partial charge is 0.301 e. The maximum atomic E-state index is 13.0. The summed E-state index contributed by atoms with van der Waals surface area (Å²) in [5.41, 5.74) is 0.368. The number of halogens is 1. The van der Waals surface area contributed by atoms with Crippen LogP contribution in [0.25, 0.3) is 0 Å². The third-order valence-electron chi connectivity index (χ3n) is 5.56. The predicted molar refractivity (Wildman–Crippen MR) is 114 cm³/mol. The summed E-state index contributed by atoms with van der Waals surface area (Å²) in [6.45, 7) is 3.94. The molecule has 29 heavy (non-hydrogen) atoms. The molecule has 2 fully saturated rings. The molecule has 0 spiro atoms. The zero-order valence-corrected chi connectivity index (χ0v) is 17.9. The molecule has 0 aromatic heterocycles. The van der Waals surface area contributed by atoms with Crippen LogP contribution in [0.15, 0.2) is 24.3 Å². The summed E-state index contributed by atoms with van der Waals surface area (Å²) < 4.78 is 47.8. The van der Waals surface area contributed by atoms with E-state index in [0.29, 0.717) is 31.6 Å². The van der Waals surface area contributed by atoms with Gasteiger partial charge in [-0.15, -0.1) is 0 Å². The van der Waals surface area contributed by atoms with Crippen LogP contribution in [0.3, 0.4) is 0 Å². The second-order valence-corrected chi connectivity index (χ2v) is 9.82. The van der Waals surface area contributed by atoms with Gasteiger partial charge in [0.05, 0.1) is 6.10 Å². The van der Waals surface area contributed by atoms with E-state index in [1.807, 2.05) is 0 Å². The van der Waals surface area contributed by atoms with E-state index in [1.54, 1.807) is 0 Å². The number of benzene rings is 1. The van der Waals surface area contributed by atoms with Crippen molar-refractivity contribution in [3.63, 3.8) is 0 Å². The number of unbranched alkanes of at least 4 members (excludes halogenated alkanes) is 3. The van der Waals surface area contributed by atoms with Gasteiger partial charge >= 0.3 is 10.2 Å². The van der Waals surface area contributed by atoms with Crippen molar-refractivity contribution < 1.29 is 17.5 Å². The fourth-order valence-corrected chi connectivity index (χ4v) is 4.81. The largest absolute Gasteiger partial charge is 0.378 e. The standard InChI is InChI=1S/C21H34FN3O3S/c22-19-7-9-20(10-8-19)24-29(26,27)25-14-11-21(12-15-25)28-16-4-2-1-3-13-23-17-18-5-6-18/h7-10,18,21,23-24H,1-6,11-17H2. The lowest BCUT2D eigenvalue weighted by Gasteiger charge is -2.31. The van der Waals surface area contributed by atoms with Gasteiger partial charge in [0.2, 0.25) is 0 Å². The van der Waals surface area contributed by atoms with Crippen molar-refractivity contribution in [2.45, 2.75) is 57.5 Å². The topological polar surface area (TPSA) is 70.7 Å². The highest BCUT2D eigenvalue weighted by atomic mass is 32.2. The van der Waals surface area contributed by atoms with Crippen LogP contribution in [0, 0.1) is 11.7 Å². The van der Waals surface area contributed by atoms with E-state index in [0.717, 1.165) is 25.5 Å². The minimum absolute atomic E-state index is 0.132. The van der Waals surface area contributed by atoms with Crippen LogP contribution in [0.2, 0.25) is 0 Å². The number of ether oxygens (including phenoxy) is 1. The molecule has 0 radical (unpaired) electrons. The summed E-state index contributed by atoms with van der Waals surface area (Å²) in [6.07, 6.45) is 9.04. The molecule has 1 saturated heterocycles. The molecular formula is C21H34FN3O3S. The van der Waals surface area contributed by atoms with Gasteiger partial charge < -0.3 is 10.1 Å². The molecule has 2 aliphatic rings. The first kappa shape index (κ1) is 22.5. The van der Waals surface area contributed by atoms with E-state index < -0.39 is 16.0 Å². The number of hydrogen-bond donors (Lipinski definition) is 2. The van der Waals surface area contributed by atoms with Crippen LogP contribution in [0.5, 0.6) is 0 Å². The summed E-state index contributed by atoms with van der Waals surface area (Å²) in [5.74, 6) is 0.555. The van der Waals surface area contributed by atoms with E-state index in [-0.39, 0.29) is 6.10 Å². The number of anilines is 1. The number of piperidine rings is 1. The lowest BCUT2D eigenvalue weighted by molar-refractivity contribution is 0.0193. The van der Waals surface area contributed by atoms with Crippen molar-refractivity contribution >= 4 is 15.9 Å². The van der Waals surface area contributed by atoms with Crippen LogP contribution < -0.4 is 10.0 Å². The molecule has 1 aliphatic heterocycles. The SMILES string of the molecule is O=S(=O)(Nc1ccc(F)cc1)N1CCC(OCCCCCCNCC2CC2)CC1. The molecule has 1 saturated carbocycles. The third-order valence-corrected chi connectivity index (χ3v) is 7.10. The molecule has 1 aliphatic carbocycles. The van der Waals surface area contributed by atoms with Crippen molar-refractivity contribution in [1.82, 2.24) is 9.62 Å². The summed E-state index contributed by atoms with van der Waals surface area (Å²) in [7, 11) is -3.62. The number of nitrogens with zero attached hydrogens (tertiary/aromatic N) is 1. The van der Waals surface area contributed by atoms with Crippen LogP contribution in [0.4, 0.5) is 10.1 Å². The van der Waals surface area contributed by atoms with Gasteiger partial charge in [0.25, 0.3) is 0 Å². The lowest BCUT2D eigenvalue weighted by Crippen LogP contribution is -2.43. The molecule has 3 rings (SSSR count). The zero-order chi connectivity index (χ0) is 20.5. The Bertz CT molecular complexity index is 702. The molecule has 1 aromatic carbocycles. The number of hydrogen-bond acceptors (Lipinski definition) is 4. The van der Waals surface area contributed by atoms with E-state index in [2.05, 4.69) is 10.0 Å². The van der Waals surface area contributed by atoms with E-state index in [9.17, 15) is 12.8 Å². The Hall–Kier alpha value is -1.22. The summed E-state index contributed by atoms with van der Waals surface area (Å²) in [6, 6.07) is 5.32. The molecule has 8 heteroatoms. The average Bonchev–Trinajstić information content (AvgIpc) is 3.53. The monoisotopic (exact) mass is 427 g/mol. The Kier molecular flexibility index (Phi) is 8.71. The second kappa shape index (κ2) is 11.2. The van der Waals surface area contributed by atoms with Crippen LogP contribution in [-0.4, -0.2) is 51.6 Å². The van der Waals surface area contributed by atoms with Gasteiger partial charge in [0, 0.05) is 25.4 Å². The Morgan fingerprint density at radius 2 is 1.69 bits per heavy atom. The number of rotatable bonds is 13. The van der Waals surface area contributed by atoms with Crippen LogP contribution in [-0.2, 0) is 14.9 Å². The first-order chi connectivity index (χ1) is 14.0. The van der Waals surface area contributed by atoms with Crippen molar-refractivity contribution in [1.29, 1.82) is 0 Å². The lowest BCUT2D eigenvalue weighted by atomic mass is 10.1. The highest BCUT2D eigenvalue weighted by molar-refractivity contribution is 7.90. The van der Waals surface area contributed by atoms with Gasteiger partial charge in [0.1, 0.15) is 5.82 Å². The molecule has 0 atom stereocenters. The van der Waals surface area contributed by atoms with Crippen molar-refractivity contribution in [2.24, 2.45) is 5.92 Å². The second-order valence-electron chi connectivity index (χ2n) is 8.14. The van der Waals surface area contributed by atoms with Crippen molar-refractivity contribution in [3.8, 4) is 0 Å². The number of nitrogens with one attached hydrogen (secondary N) is 2. The highest BCUT2D eigenvalue weighted by Crippen LogP contribution is 2.27. The third kappa shape index (κ3) is 8.20. The minimum atomic E-state index is -3.62. The molecule has 1 aromatic rings. The Morgan fingerprint density at radius 3 is 2.38 bits per heavy atom. The molecule has 0 bridgehead atoms. The van der Waals surface area contributed by atoms with Gasteiger partial charge in [-0.3, -0.25) is 4.72 Å². The normalized spacial score (nSPS) is 18.8. The quantitative estimate of drug-likeness (QED) is 0.473. The average molecular weight is 428 g/mol. The summed E-state index contributed by atoms with van der Waals surface area (Å²) >= 11 is 0. The van der Waals surface area contributed by atoms with Crippen molar-refractivity contribution in [2.75, 3.05) is 37.5 Å². The fourth-order valence-electron chi connectivity index (χ4n) is 3.55. The molecule has 164 valence electrons. The van der Waals surface area contributed by atoms with E-state index in [1.165, 1.54) is 67.2 Å². The van der Waals surface area contributed by atoms with Gasteiger partial charge in [-0.1, -0.05) is 12.8 Å². The summed E-state index contributed by atoms with van der Waals surface area (Å²) in [5, 5.41) is 3.52. The minimum Gasteiger partial charge on any atom is -0.378 e. The molecular weight excluding hydrogens is 393 g/mol. The van der Waals surface area contributed by atoms with Crippen LogP contribution in [0.1, 0.15) is 51.4 Å². The van der Waals surface area contributed by atoms with E-state index >= 15 is 0 Å². The van der Waals surface area contributed by atoms with Crippen molar-refractivity contribution in [3.05, 3.63) is 30.1 Å². The highest BCUT2D eigenvalue weighted by Gasteiger charge is 2.28.